The summed E-state index contributed by atoms with van der Waals surface area (Å²) in [5.74, 6) is -0.916. The first kappa shape index (κ1) is 17.8. The van der Waals surface area contributed by atoms with Crippen LogP contribution in [-0.2, 0) is 9.53 Å². The maximum atomic E-state index is 12.0. The SMILES string of the molecule is CC(C)(C)OC(=O)NC(C(C)(C)C)C1(C(=O)O)CC(N)C1. The Kier molecular flexibility index (Phi) is 4.63. The van der Waals surface area contributed by atoms with Crippen molar-refractivity contribution in [2.45, 2.75) is 72.1 Å². The minimum Gasteiger partial charge on any atom is -0.481 e. The van der Waals surface area contributed by atoms with Crippen molar-refractivity contribution >= 4 is 12.1 Å². The molecule has 6 heteroatoms. The minimum atomic E-state index is -1.02. The van der Waals surface area contributed by atoms with Gasteiger partial charge < -0.3 is 20.9 Å². The molecular weight excluding hydrogens is 272 g/mol. The topological polar surface area (TPSA) is 102 Å². The van der Waals surface area contributed by atoms with Crippen molar-refractivity contribution in [3.8, 4) is 0 Å². The largest absolute Gasteiger partial charge is 0.481 e. The first-order valence-electron chi connectivity index (χ1n) is 7.26. The molecule has 0 aromatic rings. The summed E-state index contributed by atoms with van der Waals surface area (Å²) in [6, 6.07) is -0.677. The molecule has 1 atom stereocenters. The van der Waals surface area contributed by atoms with Crippen molar-refractivity contribution in [3.05, 3.63) is 0 Å². The second-order valence-electron chi connectivity index (χ2n) is 8.07. The van der Waals surface area contributed by atoms with Crippen LogP contribution in [0.15, 0.2) is 0 Å². The van der Waals surface area contributed by atoms with Gasteiger partial charge in [0.25, 0.3) is 0 Å². The van der Waals surface area contributed by atoms with E-state index in [9.17, 15) is 14.7 Å². The number of carbonyl (C=O) groups is 2. The Hall–Kier alpha value is -1.30. The van der Waals surface area contributed by atoms with E-state index >= 15 is 0 Å². The third kappa shape index (κ3) is 4.09. The molecule has 1 saturated carbocycles. The number of hydrogen-bond donors (Lipinski definition) is 3. The minimum absolute atomic E-state index is 0.133. The number of amides is 1. The molecule has 1 unspecified atom stereocenters. The lowest BCUT2D eigenvalue weighted by atomic mass is 9.56. The Morgan fingerprint density at radius 3 is 2.00 bits per heavy atom. The number of aliphatic carboxylic acids is 1. The van der Waals surface area contributed by atoms with Gasteiger partial charge in [0.2, 0.25) is 0 Å². The van der Waals surface area contributed by atoms with E-state index in [4.69, 9.17) is 10.5 Å². The van der Waals surface area contributed by atoms with Crippen LogP contribution in [0, 0.1) is 10.8 Å². The van der Waals surface area contributed by atoms with Gasteiger partial charge in [0.1, 0.15) is 5.60 Å². The van der Waals surface area contributed by atoms with Crippen molar-refractivity contribution in [3.63, 3.8) is 0 Å². The van der Waals surface area contributed by atoms with Gasteiger partial charge in [-0.1, -0.05) is 20.8 Å². The van der Waals surface area contributed by atoms with E-state index in [0.717, 1.165) is 0 Å². The van der Waals surface area contributed by atoms with E-state index in [2.05, 4.69) is 5.32 Å². The number of carboxylic acids is 1. The van der Waals surface area contributed by atoms with Crippen molar-refractivity contribution in [2.24, 2.45) is 16.6 Å². The van der Waals surface area contributed by atoms with Crippen LogP contribution >= 0.6 is 0 Å². The van der Waals surface area contributed by atoms with Crippen LogP contribution in [0.2, 0.25) is 0 Å². The van der Waals surface area contributed by atoms with E-state index in [-0.39, 0.29) is 6.04 Å². The summed E-state index contributed by atoms with van der Waals surface area (Å²) >= 11 is 0. The standard InChI is InChI=1S/C15H28N2O4/c1-13(2,3)10(17-12(20)21-14(4,5)6)15(11(18)19)7-9(16)8-15/h9-10H,7-8,16H2,1-6H3,(H,17,20)(H,18,19). The Morgan fingerprint density at radius 2 is 1.71 bits per heavy atom. The number of carboxylic acid groups (broad SMARTS) is 1. The predicted molar refractivity (Wildman–Crippen MR) is 79.9 cm³/mol. The fourth-order valence-corrected chi connectivity index (χ4v) is 3.02. The molecule has 0 aromatic carbocycles. The van der Waals surface area contributed by atoms with E-state index < -0.39 is 34.5 Å². The van der Waals surface area contributed by atoms with E-state index in [1.54, 1.807) is 20.8 Å². The second kappa shape index (κ2) is 5.48. The Morgan fingerprint density at radius 1 is 1.24 bits per heavy atom. The molecular formula is C15H28N2O4. The van der Waals surface area contributed by atoms with Gasteiger partial charge in [-0.2, -0.15) is 0 Å². The average Bonchev–Trinajstić information content (AvgIpc) is 2.16. The van der Waals surface area contributed by atoms with Gasteiger partial charge in [-0.25, -0.2) is 4.79 Å². The average molecular weight is 300 g/mol. The molecule has 1 aliphatic carbocycles. The fraction of sp³-hybridized carbons (Fsp3) is 0.867. The summed E-state index contributed by atoms with van der Waals surface area (Å²) in [5.41, 5.74) is 3.73. The van der Waals surface area contributed by atoms with Crippen LogP contribution in [0.1, 0.15) is 54.4 Å². The first-order valence-corrected chi connectivity index (χ1v) is 7.26. The molecule has 4 N–H and O–H groups in total. The summed E-state index contributed by atoms with van der Waals surface area (Å²) in [5, 5.41) is 12.4. The molecule has 1 rings (SSSR count). The Bertz CT molecular complexity index is 414. The third-order valence-corrected chi connectivity index (χ3v) is 3.76. The predicted octanol–water partition coefficient (Wildman–Crippen LogP) is 2.12. The normalized spacial score (nSPS) is 27.5. The van der Waals surface area contributed by atoms with Crippen molar-refractivity contribution in [1.82, 2.24) is 5.32 Å². The lowest BCUT2D eigenvalue weighted by Gasteiger charge is -2.52. The number of rotatable bonds is 3. The van der Waals surface area contributed by atoms with Gasteiger partial charge >= 0.3 is 12.1 Å². The van der Waals surface area contributed by atoms with Crippen LogP contribution in [0.4, 0.5) is 4.79 Å². The molecule has 122 valence electrons. The van der Waals surface area contributed by atoms with Gasteiger partial charge in [-0.05, 0) is 39.0 Å². The quantitative estimate of drug-likeness (QED) is 0.741. The van der Waals surface area contributed by atoms with E-state index in [1.807, 2.05) is 20.8 Å². The number of alkyl carbamates (subject to hydrolysis) is 1. The van der Waals surface area contributed by atoms with Crippen LogP contribution in [0.25, 0.3) is 0 Å². The van der Waals surface area contributed by atoms with Crippen molar-refractivity contribution in [2.75, 3.05) is 0 Å². The molecule has 0 aromatic heterocycles. The maximum absolute atomic E-state index is 12.0. The van der Waals surface area contributed by atoms with Gasteiger partial charge in [0, 0.05) is 6.04 Å². The first-order chi connectivity index (χ1) is 9.28. The van der Waals surface area contributed by atoms with Gasteiger partial charge in [-0.15, -0.1) is 0 Å². The highest BCUT2D eigenvalue weighted by atomic mass is 16.6. The molecule has 0 spiro atoms. The molecule has 0 aliphatic heterocycles. The maximum Gasteiger partial charge on any atom is 0.407 e. The Balaban J connectivity index is 2.97. The number of nitrogens with one attached hydrogen (secondary N) is 1. The molecule has 1 amide bonds. The summed E-state index contributed by atoms with van der Waals surface area (Å²) in [7, 11) is 0. The molecule has 0 heterocycles. The monoisotopic (exact) mass is 300 g/mol. The summed E-state index contributed by atoms with van der Waals surface area (Å²) in [6.07, 6.45) is 0.128. The van der Waals surface area contributed by atoms with Crippen LogP contribution in [-0.4, -0.2) is 34.9 Å². The van der Waals surface area contributed by atoms with Crippen LogP contribution in [0.3, 0.4) is 0 Å². The molecule has 0 saturated heterocycles. The molecule has 1 fully saturated rings. The van der Waals surface area contributed by atoms with Gasteiger partial charge in [-0.3, -0.25) is 4.79 Å². The second-order valence-corrected chi connectivity index (χ2v) is 8.07. The molecule has 0 bridgehead atoms. The van der Waals surface area contributed by atoms with Gasteiger partial charge in [0.05, 0.1) is 11.5 Å². The highest BCUT2D eigenvalue weighted by Gasteiger charge is 2.58. The summed E-state index contributed by atoms with van der Waals surface area (Å²) in [6.45, 7) is 11.0. The number of ether oxygens (including phenoxy) is 1. The zero-order valence-corrected chi connectivity index (χ0v) is 13.8. The fourth-order valence-electron chi connectivity index (χ4n) is 3.02. The van der Waals surface area contributed by atoms with E-state index in [1.165, 1.54) is 0 Å². The van der Waals surface area contributed by atoms with Crippen LogP contribution in [0.5, 0.6) is 0 Å². The van der Waals surface area contributed by atoms with Gasteiger partial charge in [0.15, 0.2) is 0 Å². The lowest BCUT2D eigenvalue weighted by Crippen LogP contribution is -2.66. The smallest absolute Gasteiger partial charge is 0.407 e. The zero-order chi connectivity index (χ0) is 16.6. The number of carbonyl (C=O) groups excluding carboxylic acids is 1. The lowest BCUT2D eigenvalue weighted by molar-refractivity contribution is -0.162. The molecule has 21 heavy (non-hydrogen) atoms. The van der Waals surface area contributed by atoms with Crippen LogP contribution < -0.4 is 11.1 Å². The van der Waals surface area contributed by atoms with Crippen molar-refractivity contribution in [1.29, 1.82) is 0 Å². The molecule has 1 aliphatic rings. The highest BCUT2D eigenvalue weighted by Crippen LogP contribution is 2.48. The summed E-state index contributed by atoms with van der Waals surface area (Å²) in [4.78, 5) is 23.8. The number of hydrogen-bond acceptors (Lipinski definition) is 4. The third-order valence-electron chi connectivity index (χ3n) is 3.76. The highest BCUT2D eigenvalue weighted by molar-refractivity contribution is 5.79. The molecule has 6 nitrogen and oxygen atoms in total. The Labute approximate surface area is 126 Å². The summed E-state index contributed by atoms with van der Waals surface area (Å²) < 4.78 is 5.26. The van der Waals surface area contributed by atoms with E-state index in [0.29, 0.717) is 12.8 Å². The molecule has 0 radical (unpaired) electrons. The zero-order valence-electron chi connectivity index (χ0n) is 13.8. The number of nitrogens with two attached hydrogens (primary N) is 1. The van der Waals surface area contributed by atoms with Crippen molar-refractivity contribution < 1.29 is 19.4 Å².